The number of allylic oxidation sites excluding steroid dienone is 2. The van der Waals surface area contributed by atoms with Crippen molar-refractivity contribution in [3.05, 3.63) is 83.5 Å². The zero-order valence-electron chi connectivity index (χ0n) is 53.0. The molecule has 4 aliphatic heterocycles. The number of nitrogens with two attached hydrogens (primary N) is 1. The lowest BCUT2D eigenvalue weighted by molar-refractivity contribution is -0.151. The number of nitrogens with zero attached hydrogens (tertiary/aromatic N) is 3. The normalized spacial score (nSPS) is 25.2. The molecule has 1 aromatic rings. The van der Waals surface area contributed by atoms with Crippen LogP contribution in [0.25, 0.3) is 0 Å². The van der Waals surface area contributed by atoms with E-state index in [2.05, 4.69) is 5.32 Å². The van der Waals surface area contributed by atoms with Gasteiger partial charge in [0, 0.05) is 102 Å². The minimum absolute atomic E-state index is 0.0130. The SMILES string of the molecule is CC[C@H](O)[C@@H](C)[C@H]1O[C@@H]1C[C@@](C)(O)/C=C/C=C(\C)[C@H]1OC(=O)C[C@H](O)CC[C@@](C)(OC)[C@@H](OC(=O)N2CCN(C(=O)OCc3ccc(CC(=O)[C@H](CCCCC(N)=O)NC(=O)[C@@H](CC(=O)CCCCCN4C(=O)C=CC4=O)C(C)C)cc3)CC2)/C=C/[C@@H]1C. The van der Waals surface area contributed by atoms with Crippen LogP contribution in [0, 0.1) is 23.7 Å². The largest absolute Gasteiger partial charge is 0.457 e. The van der Waals surface area contributed by atoms with E-state index in [-0.39, 0.29) is 138 Å². The van der Waals surface area contributed by atoms with Gasteiger partial charge >= 0.3 is 18.2 Å². The first-order valence-corrected chi connectivity index (χ1v) is 31.3. The first-order valence-electron chi connectivity index (χ1n) is 31.3. The third kappa shape index (κ3) is 22.8. The molecule has 0 aliphatic carbocycles. The summed E-state index contributed by atoms with van der Waals surface area (Å²) in [5.41, 5.74) is 4.97. The number of unbranched alkanes of at least 4 members (excludes halogenated alkanes) is 3. The van der Waals surface area contributed by atoms with Crippen LogP contribution in [-0.4, -0.2) is 177 Å². The summed E-state index contributed by atoms with van der Waals surface area (Å²) < 4.78 is 29.6. The van der Waals surface area contributed by atoms with Crippen LogP contribution in [0.3, 0.4) is 0 Å². The van der Waals surface area contributed by atoms with Crippen molar-refractivity contribution < 1.29 is 82.2 Å². The van der Waals surface area contributed by atoms with Gasteiger partial charge in [0.2, 0.25) is 11.8 Å². The number of primary amides is 1. The lowest BCUT2D eigenvalue weighted by Gasteiger charge is -2.38. The van der Waals surface area contributed by atoms with E-state index in [1.165, 1.54) is 29.1 Å². The molecule has 488 valence electrons. The van der Waals surface area contributed by atoms with Crippen molar-refractivity contribution in [2.24, 2.45) is 29.4 Å². The summed E-state index contributed by atoms with van der Waals surface area (Å²) in [5, 5.41) is 35.3. The van der Waals surface area contributed by atoms with Crippen LogP contribution in [0.5, 0.6) is 0 Å². The van der Waals surface area contributed by atoms with Crippen LogP contribution in [0.15, 0.2) is 72.4 Å². The first kappa shape index (κ1) is 72.2. The maximum absolute atomic E-state index is 13.9. The van der Waals surface area contributed by atoms with Gasteiger partial charge in [-0.2, -0.15) is 0 Å². The highest BCUT2D eigenvalue weighted by Gasteiger charge is 2.47. The highest BCUT2D eigenvalue weighted by Crippen LogP contribution is 2.38. The standard InChI is InChI=1S/C66H97N5O17/c1-10-52(74)45(6)61-54(86-61)40-65(7,83)30-16-17-43(4)60-44(5)21-26-55(66(8,84-9)31-29-49(73)39-59(79)88-60)87-64(82)70-35-33-69(34-36-70)63(81)85-41-47-24-22-46(23-25-47)37-53(75)51(19-13-14-20-56(67)76)68-62(80)50(42(2)3)38-48(72)18-12-11-15-32-71-57(77)27-28-58(71)78/h16-17,21-28,30,42,44-45,49-52,54-55,60-61,73-74,83H,10-15,18-20,29,31-41H2,1-9H3,(H2,67,76)(H,68,80)/b26-21+,30-16+,43-17+/t44-,45+,49+,50-,51-,52-,54+,55-,60+,61+,65-,66+/m0/s1. The van der Waals surface area contributed by atoms with Gasteiger partial charge < -0.3 is 59.9 Å². The van der Waals surface area contributed by atoms with E-state index in [9.17, 15) is 58.5 Å². The zero-order chi connectivity index (χ0) is 64.9. The van der Waals surface area contributed by atoms with E-state index in [0.717, 1.165) is 4.90 Å². The van der Waals surface area contributed by atoms with E-state index in [1.54, 1.807) is 75.4 Å². The number of piperazine rings is 1. The minimum Gasteiger partial charge on any atom is -0.457 e. The van der Waals surface area contributed by atoms with Crippen LogP contribution >= 0.6 is 0 Å². The molecule has 0 aromatic heterocycles. The Balaban J connectivity index is 1.12. The lowest BCUT2D eigenvalue weighted by atomic mass is 9.88. The third-order valence-electron chi connectivity index (χ3n) is 17.3. The molecule has 0 radical (unpaired) electrons. The number of epoxide rings is 1. The number of esters is 1. The molecular weight excluding hydrogens is 1130 g/mol. The molecule has 0 spiro atoms. The summed E-state index contributed by atoms with van der Waals surface area (Å²) in [6.07, 6.45) is 10.4. The zero-order valence-corrected chi connectivity index (χ0v) is 53.0. The van der Waals surface area contributed by atoms with Crippen molar-refractivity contribution >= 4 is 53.4 Å². The average Bonchev–Trinajstić information content (AvgIpc) is 1.84. The van der Waals surface area contributed by atoms with Gasteiger partial charge in [0.15, 0.2) is 11.9 Å². The number of carbonyl (C=O) groups is 9. The fraction of sp³-hybridized carbons (Fsp3) is 0.652. The summed E-state index contributed by atoms with van der Waals surface area (Å²) in [4.78, 5) is 120. The van der Waals surface area contributed by atoms with Crippen molar-refractivity contribution in [3.63, 3.8) is 0 Å². The Morgan fingerprint density at radius 3 is 2.17 bits per heavy atom. The number of cyclic esters (lactones) is 1. The van der Waals surface area contributed by atoms with Gasteiger partial charge in [-0.25, -0.2) is 9.59 Å². The molecule has 2 fully saturated rings. The number of ketones is 2. The van der Waals surface area contributed by atoms with E-state index in [4.69, 9.17) is 29.4 Å². The Kier molecular flexibility index (Phi) is 28.2. The molecule has 88 heavy (non-hydrogen) atoms. The summed E-state index contributed by atoms with van der Waals surface area (Å²) >= 11 is 0. The number of carbonyl (C=O) groups excluding carboxylic acids is 9. The summed E-state index contributed by atoms with van der Waals surface area (Å²) in [7, 11) is 1.49. The number of Topliss-reactive ketones (excluding diaryl/α,β-unsaturated/α-hetero) is 2. The topological polar surface area (TPSA) is 312 Å². The molecule has 22 nitrogen and oxygen atoms in total. The fourth-order valence-electron chi connectivity index (χ4n) is 11.2. The number of nitrogens with one attached hydrogen (secondary N) is 1. The predicted molar refractivity (Wildman–Crippen MR) is 326 cm³/mol. The molecule has 0 unspecified atom stereocenters. The number of rotatable bonds is 31. The lowest BCUT2D eigenvalue weighted by Crippen LogP contribution is -2.53. The van der Waals surface area contributed by atoms with Crippen LogP contribution in [0.4, 0.5) is 9.59 Å². The molecule has 12 atom stereocenters. The molecule has 5 rings (SSSR count). The van der Waals surface area contributed by atoms with Crippen molar-refractivity contribution in [1.82, 2.24) is 20.0 Å². The smallest absolute Gasteiger partial charge is 0.410 e. The number of hydrogen-bond donors (Lipinski definition) is 5. The van der Waals surface area contributed by atoms with Gasteiger partial charge in [0.1, 0.15) is 24.1 Å². The monoisotopic (exact) mass is 1230 g/mol. The Morgan fingerprint density at radius 2 is 1.55 bits per heavy atom. The van der Waals surface area contributed by atoms with Crippen LogP contribution in [0.1, 0.15) is 156 Å². The molecule has 1 aromatic carbocycles. The Labute approximate surface area is 518 Å². The molecule has 0 saturated carbocycles. The molecule has 6 N–H and O–H groups in total. The van der Waals surface area contributed by atoms with E-state index < -0.39 is 83.5 Å². The number of hydrogen-bond acceptors (Lipinski definition) is 17. The van der Waals surface area contributed by atoms with Crippen LogP contribution in [-0.2, 0) is 70.3 Å². The van der Waals surface area contributed by atoms with Crippen molar-refractivity contribution in [1.29, 1.82) is 0 Å². The van der Waals surface area contributed by atoms with Gasteiger partial charge in [-0.3, -0.25) is 38.5 Å². The molecule has 0 bridgehead atoms. The summed E-state index contributed by atoms with van der Waals surface area (Å²) in [5.74, 6) is -3.96. The second kappa shape index (κ2) is 34.4. The highest BCUT2D eigenvalue weighted by molar-refractivity contribution is 6.12. The number of methoxy groups -OCH3 is 1. The molecule has 2 saturated heterocycles. The van der Waals surface area contributed by atoms with Crippen molar-refractivity contribution in [2.45, 2.75) is 212 Å². The number of ether oxygens (including phenoxy) is 5. The maximum atomic E-state index is 13.9. The summed E-state index contributed by atoms with van der Waals surface area (Å²) in [6, 6.07) is 6.05. The molecule has 6 amide bonds. The second-order valence-electron chi connectivity index (χ2n) is 25.0. The van der Waals surface area contributed by atoms with Crippen LogP contribution in [0.2, 0.25) is 0 Å². The molecule has 4 heterocycles. The minimum atomic E-state index is -1.22. The highest BCUT2D eigenvalue weighted by atomic mass is 16.6. The second-order valence-corrected chi connectivity index (χ2v) is 25.0. The Bertz CT molecular complexity index is 2660. The van der Waals surface area contributed by atoms with Gasteiger partial charge in [-0.1, -0.05) is 96.0 Å². The number of benzene rings is 1. The predicted octanol–water partition coefficient (Wildman–Crippen LogP) is 6.68. The Hall–Kier alpha value is -6.59. The van der Waals surface area contributed by atoms with E-state index in [0.29, 0.717) is 61.6 Å². The number of amides is 6. The molecular formula is C66H97N5O17. The Morgan fingerprint density at radius 1 is 0.909 bits per heavy atom. The first-order chi connectivity index (χ1) is 41.6. The average molecular weight is 1230 g/mol. The molecule has 4 aliphatic rings. The van der Waals surface area contributed by atoms with Crippen molar-refractivity contribution in [2.75, 3.05) is 39.8 Å². The molecule has 22 heteroatoms. The van der Waals surface area contributed by atoms with Crippen LogP contribution < -0.4 is 11.1 Å². The number of aliphatic hydroxyl groups is 3. The van der Waals surface area contributed by atoms with Gasteiger partial charge in [0.05, 0.1) is 42.5 Å². The van der Waals surface area contributed by atoms with Crippen molar-refractivity contribution in [3.8, 4) is 0 Å². The van der Waals surface area contributed by atoms with Gasteiger partial charge in [-0.05, 0) is 94.4 Å². The van der Waals surface area contributed by atoms with E-state index >= 15 is 0 Å². The summed E-state index contributed by atoms with van der Waals surface area (Å²) in [6.45, 7) is 15.4. The maximum Gasteiger partial charge on any atom is 0.410 e. The van der Waals surface area contributed by atoms with Gasteiger partial charge in [-0.15, -0.1) is 0 Å². The number of imide groups is 1. The third-order valence-corrected chi connectivity index (χ3v) is 17.3. The quantitative estimate of drug-likeness (QED) is 0.00985. The van der Waals surface area contributed by atoms with E-state index in [1.807, 2.05) is 34.6 Å². The number of aliphatic hydroxyl groups excluding tert-OH is 2. The van der Waals surface area contributed by atoms with Gasteiger partial charge in [0.25, 0.3) is 11.8 Å². The fourth-order valence-corrected chi connectivity index (χ4v) is 11.2.